The molecule has 0 radical (unpaired) electrons. The van der Waals surface area contributed by atoms with Crippen LogP contribution in [0.15, 0.2) is 41.5 Å². The average Bonchev–Trinajstić information content (AvgIpc) is 2.99. The van der Waals surface area contributed by atoms with Gasteiger partial charge < -0.3 is 15.2 Å². The van der Waals surface area contributed by atoms with Gasteiger partial charge in [-0.3, -0.25) is 20.3 Å². The summed E-state index contributed by atoms with van der Waals surface area (Å²) in [5.74, 6) is 0.648. The first-order valence-corrected chi connectivity index (χ1v) is 7.83. The number of nitro groups is 1. The highest BCUT2D eigenvalue weighted by Crippen LogP contribution is 2.36. The van der Waals surface area contributed by atoms with E-state index in [2.05, 4.69) is 10.5 Å². The number of carbonyl (C=O) groups excluding carboxylic acids is 1. The number of nitrogens with zero attached hydrogens (tertiary/aromatic N) is 2. The molecule has 2 heterocycles. The molecule has 0 bridgehead atoms. The van der Waals surface area contributed by atoms with Crippen LogP contribution >= 0.6 is 0 Å². The van der Waals surface area contributed by atoms with E-state index in [4.69, 9.17) is 15.2 Å². The number of rotatable bonds is 3. The van der Waals surface area contributed by atoms with Gasteiger partial charge in [0, 0.05) is 29.7 Å². The molecule has 9 heteroatoms. The fourth-order valence-electron chi connectivity index (χ4n) is 2.97. The maximum absolute atomic E-state index is 11.7. The molecule has 26 heavy (non-hydrogen) atoms. The Morgan fingerprint density at radius 2 is 1.92 bits per heavy atom. The number of carbonyl (C=O) groups is 1. The van der Waals surface area contributed by atoms with Crippen molar-refractivity contribution < 1.29 is 19.2 Å². The van der Waals surface area contributed by atoms with Crippen molar-refractivity contribution in [2.24, 2.45) is 10.8 Å². The normalized spacial score (nSPS) is 17.5. The highest BCUT2D eigenvalue weighted by atomic mass is 16.7. The van der Waals surface area contributed by atoms with Crippen LogP contribution in [0.3, 0.4) is 0 Å². The van der Waals surface area contributed by atoms with E-state index < -0.39 is 16.9 Å². The third-order valence-electron chi connectivity index (χ3n) is 4.30. The molecule has 2 aliphatic rings. The van der Waals surface area contributed by atoms with Gasteiger partial charge in [0.05, 0.1) is 10.6 Å². The lowest BCUT2D eigenvalue weighted by Crippen LogP contribution is -2.39. The molecule has 2 aromatic carbocycles. The quantitative estimate of drug-likeness (QED) is 0.627. The van der Waals surface area contributed by atoms with Gasteiger partial charge in [0.25, 0.3) is 5.69 Å². The molecule has 0 saturated heterocycles. The number of fused-ring (bicyclic) bond motifs is 2. The molecular weight excluding hydrogens is 340 g/mol. The van der Waals surface area contributed by atoms with Gasteiger partial charge in [-0.15, -0.1) is 0 Å². The molecule has 2 aliphatic heterocycles. The number of primary amides is 1. The van der Waals surface area contributed by atoms with Crippen molar-refractivity contribution in [2.45, 2.75) is 12.5 Å². The summed E-state index contributed by atoms with van der Waals surface area (Å²) in [6.45, 7) is 0.125. The maximum atomic E-state index is 11.7. The number of hydrogen-bond donors (Lipinski definition) is 2. The number of amides is 1. The van der Waals surface area contributed by atoms with Gasteiger partial charge >= 0.3 is 0 Å². The van der Waals surface area contributed by atoms with E-state index in [0.717, 1.165) is 11.1 Å². The van der Waals surface area contributed by atoms with Crippen molar-refractivity contribution >= 4 is 17.3 Å². The van der Waals surface area contributed by atoms with Crippen LogP contribution in [0.5, 0.6) is 11.5 Å². The van der Waals surface area contributed by atoms with Crippen molar-refractivity contribution in [3.63, 3.8) is 0 Å². The van der Waals surface area contributed by atoms with E-state index in [1.54, 1.807) is 18.2 Å². The molecule has 0 saturated carbocycles. The number of nitro benzene ring substituents is 1. The van der Waals surface area contributed by atoms with E-state index in [0.29, 0.717) is 29.2 Å². The largest absolute Gasteiger partial charge is 0.454 e. The van der Waals surface area contributed by atoms with Gasteiger partial charge in [-0.05, 0) is 29.8 Å². The van der Waals surface area contributed by atoms with Crippen molar-refractivity contribution in [3.8, 4) is 11.5 Å². The lowest BCUT2D eigenvalue weighted by atomic mass is 9.93. The maximum Gasteiger partial charge on any atom is 0.269 e. The summed E-state index contributed by atoms with van der Waals surface area (Å²) in [4.78, 5) is 22.1. The van der Waals surface area contributed by atoms with E-state index in [1.165, 1.54) is 12.1 Å². The summed E-state index contributed by atoms with van der Waals surface area (Å²) in [6, 6.07) is 8.95. The lowest BCUT2D eigenvalue weighted by Gasteiger charge is -2.12. The van der Waals surface area contributed by atoms with Gasteiger partial charge in [0.2, 0.25) is 12.7 Å². The third-order valence-corrected chi connectivity index (χ3v) is 4.30. The second-order valence-electron chi connectivity index (χ2n) is 5.92. The van der Waals surface area contributed by atoms with Crippen LogP contribution < -0.4 is 20.6 Å². The van der Waals surface area contributed by atoms with E-state index >= 15 is 0 Å². The minimum Gasteiger partial charge on any atom is -0.454 e. The van der Waals surface area contributed by atoms with Crippen LogP contribution in [-0.4, -0.2) is 29.4 Å². The molecule has 9 nitrogen and oxygen atoms in total. The smallest absolute Gasteiger partial charge is 0.269 e. The molecular formula is C17H14N4O5. The third kappa shape index (κ3) is 2.69. The minimum absolute atomic E-state index is 0.0168. The summed E-state index contributed by atoms with van der Waals surface area (Å²) in [5, 5.41) is 15.2. The molecule has 0 aliphatic carbocycles. The summed E-state index contributed by atoms with van der Waals surface area (Å²) in [5.41, 5.74) is 11.0. The average molecular weight is 354 g/mol. The van der Waals surface area contributed by atoms with Crippen LogP contribution in [0, 0.1) is 10.1 Å². The van der Waals surface area contributed by atoms with Gasteiger partial charge in [-0.1, -0.05) is 0 Å². The molecule has 0 fully saturated rings. The number of hydrogen-bond acceptors (Lipinski definition) is 7. The zero-order valence-corrected chi connectivity index (χ0v) is 13.5. The molecule has 0 spiro atoms. The van der Waals surface area contributed by atoms with Crippen LogP contribution in [0.4, 0.5) is 5.69 Å². The van der Waals surface area contributed by atoms with Gasteiger partial charge in [0.15, 0.2) is 11.5 Å². The Labute approximate surface area is 147 Å². The fourth-order valence-corrected chi connectivity index (χ4v) is 2.97. The number of hydrazone groups is 1. The predicted molar refractivity (Wildman–Crippen MR) is 91.1 cm³/mol. The molecule has 0 aromatic heterocycles. The van der Waals surface area contributed by atoms with Crippen LogP contribution in [-0.2, 0) is 11.2 Å². The summed E-state index contributed by atoms with van der Waals surface area (Å²) in [6.07, 6.45) is 0.335. The predicted octanol–water partition coefficient (Wildman–Crippen LogP) is 1.08. The fraction of sp³-hybridized carbons (Fsp3) is 0.176. The highest BCUT2D eigenvalue weighted by Gasteiger charge is 2.27. The minimum atomic E-state index is -0.676. The molecule has 1 unspecified atom stereocenters. The number of ether oxygens (including phenoxy) is 2. The monoisotopic (exact) mass is 354 g/mol. The standard InChI is InChI=1S/C17H14N4O5/c18-17(22)13-5-10-6-14-15(26-8-25-14)7-12(10)16(20-19-13)9-1-3-11(4-2-9)21(23)24/h1-4,6-7,13,19H,5,8H2,(H2,18,22). The lowest BCUT2D eigenvalue weighted by molar-refractivity contribution is -0.384. The summed E-state index contributed by atoms with van der Waals surface area (Å²) < 4.78 is 10.8. The zero-order chi connectivity index (χ0) is 18.3. The number of non-ortho nitro benzene ring substituents is 1. The first-order valence-electron chi connectivity index (χ1n) is 7.83. The Morgan fingerprint density at radius 1 is 1.23 bits per heavy atom. The van der Waals surface area contributed by atoms with Crippen molar-refractivity contribution in [2.75, 3.05) is 6.79 Å². The van der Waals surface area contributed by atoms with Crippen molar-refractivity contribution in [3.05, 3.63) is 63.2 Å². The molecule has 4 rings (SSSR count). The molecule has 1 amide bonds. The Morgan fingerprint density at radius 3 is 2.58 bits per heavy atom. The number of benzene rings is 2. The van der Waals surface area contributed by atoms with Crippen LogP contribution in [0.2, 0.25) is 0 Å². The van der Waals surface area contributed by atoms with E-state index in [1.807, 2.05) is 6.07 Å². The Bertz CT molecular complexity index is 939. The van der Waals surface area contributed by atoms with Gasteiger partial charge in [-0.25, -0.2) is 0 Å². The molecule has 132 valence electrons. The van der Waals surface area contributed by atoms with Crippen molar-refractivity contribution in [1.82, 2.24) is 5.43 Å². The number of nitrogens with two attached hydrogens (primary N) is 1. The second-order valence-corrected chi connectivity index (χ2v) is 5.92. The Kier molecular flexibility index (Phi) is 3.68. The topological polar surface area (TPSA) is 129 Å². The summed E-state index contributed by atoms with van der Waals surface area (Å²) >= 11 is 0. The van der Waals surface area contributed by atoms with Crippen LogP contribution in [0.25, 0.3) is 0 Å². The summed E-state index contributed by atoms with van der Waals surface area (Å²) in [7, 11) is 0. The first-order chi connectivity index (χ1) is 12.5. The Balaban J connectivity index is 1.83. The van der Waals surface area contributed by atoms with E-state index in [9.17, 15) is 14.9 Å². The number of nitrogens with one attached hydrogen (secondary N) is 1. The van der Waals surface area contributed by atoms with Gasteiger partial charge in [-0.2, -0.15) is 5.10 Å². The molecule has 3 N–H and O–H groups in total. The highest BCUT2D eigenvalue weighted by molar-refractivity contribution is 6.14. The van der Waals surface area contributed by atoms with Crippen LogP contribution in [0.1, 0.15) is 16.7 Å². The van der Waals surface area contributed by atoms with Gasteiger partial charge in [0.1, 0.15) is 6.04 Å². The SMILES string of the molecule is NC(=O)C1Cc2cc3c(cc2C(c2ccc([N+](=O)[O-])cc2)=NN1)OCO3. The zero-order valence-electron chi connectivity index (χ0n) is 13.5. The Hall–Kier alpha value is -3.62. The first kappa shape index (κ1) is 15.9. The van der Waals surface area contributed by atoms with E-state index in [-0.39, 0.29) is 12.5 Å². The second kappa shape index (κ2) is 6.03. The molecule has 2 aromatic rings. The molecule has 1 atom stereocenters. The van der Waals surface area contributed by atoms with Crippen molar-refractivity contribution in [1.29, 1.82) is 0 Å².